The minimum Gasteiger partial charge on any atom is -0.478 e. The maximum absolute atomic E-state index is 10.1. The number of carboxylic acids is 1. The highest BCUT2D eigenvalue weighted by Gasteiger charge is 1.91. The minimum absolute atomic E-state index is 0.488. The summed E-state index contributed by atoms with van der Waals surface area (Å²) in [5.74, 6) is -0.991. The van der Waals surface area contributed by atoms with Crippen LogP contribution >= 0.6 is 11.6 Å². The molecule has 0 saturated carbocycles. The number of rotatable bonds is 2. The summed E-state index contributed by atoms with van der Waals surface area (Å²) in [5.41, 5.74) is 0.671. The van der Waals surface area contributed by atoms with E-state index in [-0.39, 0.29) is 0 Å². The van der Waals surface area contributed by atoms with Crippen LogP contribution in [0.2, 0.25) is 5.02 Å². The van der Waals surface area contributed by atoms with E-state index in [9.17, 15) is 4.79 Å². The van der Waals surface area contributed by atoms with E-state index in [1.165, 1.54) is 18.5 Å². The molecule has 0 bridgehead atoms. The van der Waals surface area contributed by atoms with Crippen LogP contribution in [0.25, 0.3) is 6.08 Å². The summed E-state index contributed by atoms with van der Waals surface area (Å²) in [5, 5.41) is 8.79. The summed E-state index contributed by atoms with van der Waals surface area (Å²) in [6, 6.07) is 1.63. The normalized spacial score (nSPS) is 10.4. The summed E-state index contributed by atoms with van der Waals surface area (Å²) in [7, 11) is 0. The third kappa shape index (κ3) is 2.72. The van der Waals surface area contributed by atoms with Crippen LogP contribution < -0.4 is 0 Å². The molecule has 0 aliphatic carbocycles. The Balaban J connectivity index is 2.83. The first-order valence-electron chi connectivity index (χ1n) is 3.20. The number of halogens is 1. The average Bonchev–Trinajstić information content (AvgIpc) is 2.01. The van der Waals surface area contributed by atoms with E-state index >= 15 is 0 Å². The zero-order valence-corrected chi connectivity index (χ0v) is 6.82. The van der Waals surface area contributed by atoms with Crippen LogP contribution in [-0.4, -0.2) is 16.1 Å². The Morgan fingerprint density at radius 1 is 1.58 bits per heavy atom. The fraction of sp³-hybridized carbons (Fsp3) is 0. The molecule has 4 heteroatoms. The molecule has 0 aliphatic heterocycles. The van der Waals surface area contributed by atoms with E-state index in [4.69, 9.17) is 16.7 Å². The molecule has 0 radical (unpaired) electrons. The monoisotopic (exact) mass is 183 g/mol. The predicted octanol–water partition coefficient (Wildman–Crippen LogP) is 1.83. The van der Waals surface area contributed by atoms with Crippen LogP contribution in [0, 0.1) is 0 Å². The van der Waals surface area contributed by atoms with Gasteiger partial charge in [-0.05, 0) is 17.7 Å². The summed E-state index contributed by atoms with van der Waals surface area (Å²) in [6.07, 6.45) is 5.49. The number of nitrogens with zero attached hydrogens (tertiary/aromatic N) is 1. The first-order valence-corrected chi connectivity index (χ1v) is 3.58. The average molecular weight is 184 g/mol. The number of aliphatic carboxylic acids is 1. The van der Waals surface area contributed by atoms with Crippen molar-refractivity contribution in [1.82, 2.24) is 4.98 Å². The minimum atomic E-state index is -0.991. The summed E-state index contributed by atoms with van der Waals surface area (Å²) < 4.78 is 0. The van der Waals surface area contributed by atoms with Crippen molar-refractivity contribution in [2.75, 3.05) is 0 Å². The second-order valence-corrected chi connectivity index (χ2v) is 2.54. The van der Waals surface area contributed by atoms with Crippen molar-refractivity contribution in [2.45, 2.75) is 0 Å². The number of carboxylic acid groups (broad SMARTS) is 1. The van der Waals surface area contributed by atoms with E-state index in [1.54, 1.807) is 6.07 Å². The van der Waals surface area contributed by atoms with Crippen molar-refractivity contribution in [1.29, 1.82) is 0 Å². The Kier molecular flexibility index (Phi) is 2.82. The molecule has 1 aromatic rings. The highest BCUT2D eigenvalue weighted by atomic mass is 35.5. The number of hydrogen-bond acceptors (Lipinski definition) is 2. The molecule has 0 fully saturated rings. The van der Waals surface area contributed by atoms with Crippen molar-refractivity contribution in [2.24, 2.45) is 0 Å². The van der Waals surface area contributed by atoms with E-state index in [0.717, 1.165) is 6.08 Å². The summed E-state index contributed by atoms with van der Waals surface area (Å²) in [6.45, 7) is 0. The summed E-state index contributed by atoms with van der Waals surface area (Å²) in [4.78, 5) is 13.9. The van der Waals surface area contributed by atoms with Gasteiger partial charge in [-0.15, -0.1) is 0 Å². The molecule has 0 saturated heterocycles. The highest BCUT2D eigenvalue weighted by Crippen LogP contribution is 2.09. The SMILES string of the molecule is O=C(O)/C=C/c1cncc(Cl)c1. The molecule has 0 aliphatic rings. The standard InChI is InChI=1S/C8H6ClNO2/c9-7-3-6(4-10-5-7)1-2-8(11)12/h1-5H,(H,11,12)/b2-1+. The van der Waals surface area contributed by atoms with Gasteiger partial charge in [0.25, 0.3) is 0 Å². The quantitative estimate of drug-likeness (QED) is 0.712. The maximum atomic E-state index is 10.1. The lowest BCUT2D eigenvalue weighted by Gasteiger charge is -1.91. The van der Waals surface area contributed by atoms with E-state index in [0.29, 0.717) is 10.6 Å². The van der Waals surface area contributed by atoms with Crippen molar-refractivity contribution in [3.8, 4) is 0 Å². The first-order chi connectivity index (χ1) is 5.68. The van der Waals surface area contributed by atoms with Crippen LogP contribution in [0.3, 0.4) is 0 Å². The molecule has 12 heavy (non-hydrogen) atoms. The molecule has 1 rings (SSSR count). The van der Waals surface area contributed by atoms with Gasteiger partial charge in [-0.2, -0.15) is 0 Å². The Labute approximate surface area is 74.3 Å². The molecule has 1 heterocycles. The van der Waals surface area contributed by atoms with Gasteiger partial charge in [-0.25, -0.2) is 4.79 Å². The number of hydrogen-bond donors (Lipinski definition) is 1. The van der Waals surface area contributed by atoms with Crippen LogP contribution in [0.1, 0.15) is 5.56 Å². The molecule has 62 valence electrons. The van der Waals surface area contributed by atoms with Gasteiger partial charge in [0, 0.05) is 18.5 Å². The molecule has 3 nitrogen and oxygen atoms in total. The van der Waals surface area contributed by atoms with Crippen LogP contribution in [-0.2, 0) is 4.79 Å². The lowest BCUT2D eigenvalue weighted by Crippen LogP contribution is -1.85. The van der Waals surface area contributed by atoms with Gasteiger partial charge in [0.1, 0.15) is 0 Å². The fourth-order valence-corrected chi connectivity index (χ4v) is 0.869. The first kappa shape index (κ1) is 8.74. The van der Waals surface area contributed by atoms with Gasteiger partial charge in [0.05, 0.1) is 5.02 Å². The maximum Gasteiger partial charge on any atom is 0.328 e. The number of pyridine rings is 1. The van der Waals surface area contributed by atoms with E-state index in [1.807, 2.05) is 0 Å². The molecule has 1 N–H and O–H groups in total. The van der Waals surface area contributed by atoms with E-state index in [2.05, 4.69) is 4.98 Å². The predicted molar refractivity (Wildman–Crippen MR) is 45.9 cm³/mol. The molecule has 1 aromatic heterocycles. The molecule has 0 aromatic carbocycles. The van der Waals surface area contributed by atoms with Crippen molar-refractivity contribution < 1.29 is 9.90 Å². The summed E-state index contributed by atoms with van der Waals surface area (Å²) >= 11 is 5.62. The third-order valence-corrected chi connectivity index (χ3v) is 1.35. The van der Waals surface area contributed by atoms with Crippen molar-refractivity contribution in [3.63, 3.8) is 0 Å². The lowest BCUT2D eigenvalue weighted by atomic mass is 10.2. The van der Waals surface area contributed by atoms with Gasteiger partial charge in [-0.3, -0.25) is 4.98 Å². The largest absolute Gasteiger partial charge is 0.478 e. The zero-order chi connectivity index (χ0) is 8.97. The zero-order valence-electron chi connectivity index (χ0n) is 6.07. The molecule has 0 atom stereocenters. The van der Waals surface area contributed by atoms with Crippen LogP contribution in [0.15, 0.2) is 24.5 Å². The molecule has 0 amide bonds. The lowest BCUT2D eigenvalue weighted by molar-refractivity contribution is -0.131. The van der Waals surface area contributed by atoms with E-state index < -0.39 is 5.97 Å². The number of carbonyl (C=O) groups is 1. The van der Waals surface area contributed by atoms with Crippen LogP contribution in [0.5, 0.6) is 0 Å². The van der Waals surface area contributed by atoms with Crippen molar-refractivity contribution >= 4 is 23.6 Å². The van der Waals surface area contributed by atoms with Crippen LogP contribution in [0.4, 0.5) is 0 Å². The Morgan fingerprint density at radius 2 is 2.33 bits per heavy atom. The van der Waals surface area contributed by atoms with Gasteiger partial charge in [-0.1, -0.05) is 11.6 Å². The topological polar surface area (TPSA) is 50.2 Å². The Bertz CT molecular complexity index is 323. The molecular weight excluding hydrogens is 178 g/mol. The van der Waals surface area contributed by atoms with Gasteiger partial charge < -0.3 is 5.11 Å². The Hall–Kier alpha value is -1.35. The number of aromatic nitrogens is 1. The second-order valence-electron chi connectivity index (χ2n) is 2.11. The third-order valence-electron chi connectivity index (χ3n) is 1.14. The Morgan fingerprint density at radius 3 is 2.92 bits per heavy atom. The fourth-order valence-electron chi connectivity index (χ4n) is 0.687. The van der Waals surface area contributed by atoms with Gasteiger partial charge in [0.15, 0.2) is 0 Å². The van der Waals surface area contributed by atoms with Gasteiger partial charge >= 0.3 is 5.97 Å². The van der Waals surface area contributed by atoms with Gasteiger partial charge in [0.2, 0.25) is 0 Å². The smallest absolute Gasteiger partial charge is 0.328 e. The highest BCUT2D eigenvalue weighted by molar-refractivity contribution is 6.30. The molecular formula is C8H6ClNO2. The van der Waals surface area contributed by atoms with Crippen molar-refractivity contribution in [3.05, 3.63) is 35.1 Å². The second kappa shape index (κ2) is 3.88. The molecule has 0 spiro atoms. The molecule has 0 unspecified atom stereocenters.